The molecule has 0 aliphatic carbocycles. The van der Waals surface area contributed by atoms with E-state index < -0.39 is 69.8 Å². The Labute approximate surface area is 210 Å². The van der Waals surface area contributed by atoms with Crippen LogP contribution in [-0.2, 0) is 32.7 Å². The van der Waals surface area contributed by atoms with Gasteiger partial charge in [0.2, 0.25) is 0 Å². The fraction of sp³-hybridized carbons (Fsp3) is 0.143. The minimum atomic E-state index is -1.83. The predicted molar refractivity (Wildman–Crippen MR) is 89.5 cm³/mol. The molecule has 3 aromatic carbocycles. The van der Waals surface area contributed by atoms with E-state index in [9.17, 15) is 52.7 Å². The number of halogens is 12. The Morgan fingerprint density at radius 3 is 0.676 bits per heavy atom. The number of hydrogen-bond donors (Lipinski definition) is 0. The molecule has 0 nitrogen and oxygen atoms in total. The molecule has 13 heteroatoms. The summed E-state index contributed by atoms with van der Waals surface area (Å²) in [6.07, 6.45) is 0. The van der Waals surface area contributed by atoms with E-state index >= 15 is 0 Å². The minimum Gasteiger partial charge on any atom is -0.281 e. The van der Waals surface area contributed by atoms with Gasteiger partial charge in [-0.3, -0.25) is 26.3 Å². The van der Waals surface area contributed by atoms with Crippen LogP contribution in [0.5, 0.6) is 0 Å². The van der Waals surface area contributed by atoms with Gasteiger partial charge in [-0.1, -0.05) is 20.8 Å². The van der Waals surface area contributed by atoms with Crippen LogP contribution in [0.4, 0.5) is 52.7 Å². The van der Waals surface area contributed by atoms with E-state index in [2.05, 4.69) is 0 Å². The zero-order valence-electron chi connectivity index (χ0n) is 17.1. The SMILES string of the molecule is Cc1[c-]c(F)c(F)c(F)c1F.Cc1[c-]c(F)c(F)c(F)c1F.Cc1[c-]c(F)c(F)c(F)c1F.[Y+3]. The molecule has 0 N–H and O–H groups in total. The van der Waals surface area contributed by atoms with Crippen LogP contribution in [0, 0.1) is 109 Å². The first kappa shape index (κ1) is 31.9. The first-order chi connectivity index (χ1) is 15.1. The fourth-order valence-electron chi connectivity index (χ4n) is 1.90. The minimum absolute atomic E-state index is 0. The Bertz CT molecular complexity index is 953. The van der Waals surface area contributed by atoms with Gasteiger partial charge in [0.25, 0.3) is 0 Å². The van der Waals surface area contributed by atoms with Crippen LogP contribution in [0.2, 0.25) is 0 Å². The third-order valence-corrected chi connectivity index (χ3v) is 3.61. The number of hydrogen-bond acceptors (Lipinski definition) is 0. The van der Waals surface area contributed by atoms with Crippen molar-refractivity contribution in [3.8, 4) is 0 Å². The molecular weight excluding hydrogens is 569 g/mol. The molecule has 0 atom stereocenters. The summed E-state index contributed by atoms with van der Waals surface area (Å²) in [4.78, 5) is 0. The van der Waals surface area contributed by atoms with Gasteiger partial charge in [0.05, 0.1) is 34.9 Å². The van der Waals surface area contributed by atoms with Crippen LogP contribution in [-0.4, -0.2) is 0 Å². The number of aryl methyl sites for hydroxylation is 3. The second kappa shape index (κ2) is 13.1. The van der Waals surface area contributed by atoms with Crippen molar-refractivity contribution in [3.05, 3.63) is 105 Å². The first-order valence-electron chi connectivity index (χ1n) is 8.27. The molecule has 0 radical (unpaired) electrons. The van der Waals surface area contributed by atoms with Crippen molar-refractivity contribution in [1.82, 2.24) is 0 Å². The molecule has 0 aliphatic rings. The molecule has 3 rings (SSSR count). The molecule has 0 amide bonds. The maximum atomic E-state index is 12.4. The van der Waals surface area contributed by atoms with E-state index in [1.807, 2.05) is 0 Å². The van der Waals surface area contributed by atoms with Gasteiger partial charge in [-0.2, -0.15) is 0 Å². The largest absolute Gasteiger partial charge is 3.00 e. The summed E-state index contributed by atoms with van der Waals surface area (Å²) in [6.45, 7) is 3.29. The van der Waals surface area contributed by atoms with Crippen molar-refractivity contribution in [3.63, 3.8) is 0 Å². The van der Waals surface area contributed by atoms with Gasteiger partial charge in [0.1, 0.15) is 0 Å². The van der Waals surface area contributed by atoms with E-state index in [4.69, 9.17) is 0 Å². The van der Waals surface area contributed by atoms with Crippen LogP contribution in [0.3, 0.4) is 0 Å². The fourth-order valence-corrected chi connectivity index (χ4v) is 1.90. The Morgan fingerprint density at radius 1 is 0.324 bits per heavy atom. The molecule has 3 aromatic rings. The van der Waals surface area contributed by atoms with Crippen LogP contribution < -0.4 is 0 Å². The van der Waals surface area contributed by atoms with E-state index in [0.29, 0.717) is 0 Å². The van der Waals surface area contributed by atoms with Crippen LogP contribution >= 0.6 is 0 Å². The summed E-state index contributed by atoms with van der Waals surface area (Å²) < 4.78 is 147. The third kappa shape index (κ3) is 7.46. The van der Waals surface area contributed by atoms with Gasteiger partial charge in [0.15, 0.2) is 0 Å². The maximum Gasteiger partial charge on any atom is 3.00 e. The van der Waals surface area contributed by atoms with Gasteiger partial charge >= 0.3 is 32.7 Å². The Kier molecular flexibility index (Phi) is 12.3. The zero-order valence-corrected chi connectivity index (χ0v) is 20.0. The standard InChI is InChI=1S/3C7H3F4.Y/c3*1-3-2-4(8)6(10)7(11)5(3)9;/h3*1H3;/q3*-1;+3. The quantitative estimate of drug-likeness (QED) is 0.116. The topological polar surface area (TPSA) is 0 Å². The van der Waals surface area contributed by atoms with E-state index in [-0.39, 0.29) is 49.4 Å². The summed E-state index contributed by atoms with van der Waals surface area (Å²) in [5.74, 6) is -19.5. The van der Waals surface area contributed by atoms with Gasteiger partial charge < -0.3 is 0 Å². The third-order valence-electron chi connectivity index (χ3n) is 3.61. The normalized spacial score (nSPS) is 9.97. The van der Waals surface area contributed by atoms with Gasteiger partial charge in [-0.05, 0) is 0 Å². The van der Waals surface area contributed by atoms with Crippen molar-refractivity contribution in [1.29, 1.82) is 0 Å². The van der Waals surface area contributed by atoms with Crippen molar-refractivity contribution in [2.75, 3.05) is 0 Å². The summed E-state index contributed by atoms with van der Waals surface area (Å²) in [5, 5.41) is 0. The van der Waals surface area contributed by atoms with E-state index in [1.165, 1.54) is 0 Å². The molecule has 0 heterocycles. The molecule has 0 unspecified atom stereocenters. The van der Waals surface area contributed by atoms with Gasteiger partial charge in [0, 0.05) is 34.9 Å². The molecule has 0 fully saturated rings. The summed E-state index contributed by atoms with van der Waals surface area (Å²) >= 11 is 0. The van der Waals surface area contributed by atoms with Crippen molar-refractivity contribution in [2.45, 2.75) is 20.8 Å². The Morgan fingerprint density at radius 2 is 0.500 bits per heavy atom. The summed E-state index contributed by atoms with van der Waals surface area (Å²) in [6, 6.07) is 5.07. The first-order valence-corrected chi connectivity index (χ1v) is 8.27. The molecule has 0 bridgehead atoms. The zero-order chi connectivity index (χ0) is 25.8. The van der Waals surface area contributed by atoms with E-state index in [1.54, 1.807) is 18.2 Å². The van der Waals surface area contributed by atoms with Crippen LogP contribution in [0.25, 0.3) is 0 Å². The summed E-state index contributed by atoms with van der Waals surface area (Å²) in [7, 11) is 0. The van der Waals surface area contributed by atoms with Crippen molar-refractivity contribution in [2.24, 2.45) is 0 Å². The van der Waals surface area contributed by atoms with E-state index in [0.717, 1.165) is 20.8 Å². The molecule has 0 aliphatic heterocycles. The molecule has 0 aromatic heterocycles. The smallest absolute Gasteiger partial charge is 0.281 e. The molecule has 34 heavy (non-hydrogen) atoms. The number of rotatable bonds is 0. The maximum absolute atomic E-state index is 12.4. The molecule has 0 saturated carbocycles. The van der Waals surface area contributed by atoms with Gasteiger partial charge in [-0.15, -0.1) is 34.9 Å². The Hall–Kier alpha value is -2.08. The average molecular weight is 578 g/mol. The predicted octanol–water partition coefficient (Wildman–Crippen LogP) is 7.05. The van der Waals surface area contributed by atoms with Crippen molar-refractivity contribution >= 4 is 0 Å². The van der Waals surface area contributed by atoms with Crippen LogP contribution in [0.1, 0.15) is 16.7 Å². The van der Waals surface area contributed by atoms with Gasteiger partial charge in [-0.25, -0.2) is 26.3 Å². The molecule has 0 saturated heterocycles. The summed E-state index contributed by atoms with van der Waals surface area (Å²) in [5.41, 5.74) is -1.12. The average Bonchev–Trinajstić information content (AvgIpc) is 2.77. The monoisotopic (exact) mass is 578 g/mol. The number of benzene rings is 3. The van der Waals surface area contributed by atoms with Crippen LogP contribution in [0.15, 0.2) is 0 Å². The Balaban J connectivity index is 0.000000473. The molecular formula is C21H9F12Y. The molecule has 180 valence electrons. The van der Waals surface area contributed by atoms with Crippen molar-refractivity contribution < 1.29 is 85.4 Å². The second-order valence-electron chi connectivity index (χ2n) is 6.02. The second-order valence-corrected chi connectivity index (χ2v) is 6.02. The molecule has 0 spiro atoms.